The van der Waals surface area contributed by atoms with Crippen LogP contribution in [0.2, 0.25) is 0 Å². The summed E-state index contributed by atoms with van der Waals surface area (Å²) in [6.45, 7) is 0.958. The average Bonchev–Trinajstić information content (AvgIpc) is 2.97. The summed E-state index contributed by atoms with van der Waals surface area (Å²) in [7, 11) is 0. The first kappa shape index (κ1) is 22.9. The number of carbonyl (C=O) groups is 1. The van der Waals surface area contributed by atoms with Crippen LogP contribution >= 0.6 is 0 Å². The van der Waals surface area contributed by atoms with E-state index in [-0.39, 0.29) is 35.5 Å². The molecule has 0 unspecified atom stereocenters. The Morgan fingerprint density at radius 1 is 1.15 bits per heavy atom. The van der Waals surface area contributed by atoms with Crippen LogP contribution in [-0.4, -0.2) is 105 Å². The number of aliphatic imine (C=N–C) groups is 1. The molecule has 13 heteroatoms. The Bertz CT molecular complexity index is 577. The van der Waals surface area contributed by atoms with E-state index in [1.54, 1.807) is 6.92 Å². The van der Waals surface area contributed by atoms with Gasteiger partial charge < -0.3 is 54.4 Å². The summed E-state index contributed by atoms with van der Waals surface area (Å²) in [6.07, 6.45) is -14.0. The van der Waals surface area contributed by atoms with Crippen LogP contribution < -0.4 is 34.7 Å². The van der Waals surface area contributed by atoms with E-state index in [4.69, 9.17) is 18.9 Å². The third kappa shape index (κ3) is 4.31. The summed E-state index contributed by atoms with van der Waals surface area (Å²) < 4.78 is 21.1. The maximum Gasteiger partial charge on any atom is 1.00 e. The van der Waals surface area contributed by atoms with Crippen molar-refractivity contribution in [3.63, 3.8) is 0 Å². The first-order valence-electron chi connectivity index (χ1n) is 7.96. The molecule has 2 fully saturated rings. The van der Waals surface area contributed by atoms with Crippen LogP contribution in [0.3, 0.4) is 0 Å². The number of aliphatic carboxylic acids is 1. The molecule has 3 rings (SSSR count). The van der Waals surface area contributed by atoms with Gasteiger partial charge in [-0.1, -0.05) is 0 Å². The summed E-state index contributed by atoms with van der Waals surface area (Å²) in [5.74, 6) is -1.55. The fraction of sp³-hybridized carbons (Fsp3) is 0.857. The van der Waals surface area contributed by atoms with E-state index < -0.39 is 73.9 Å². The van der Waals surface area contributed by atoms with E-state index >= 15 is 0 Å². The quantitative estimate of drug-likeness (QED) is 0.281. The zero-order valence-electron chi connectivity index (χ0n) is 14.6. The summed E-state index contributed by atoms with van der Waals surface area (Å²) in [5.41, 5.74) is 0. The minimum Gasteiger partial charge on any atom is -0.547 e. The largest absolute Gasteiger partial charge is 1.00 e. The Hall–Kier alpha value is -0.380. The number of aliphatic hydroxyl groups is 5. The Kier molecular flexibility index (Phi) is 7.61. The molecule has 3 aliphatic rings. The SMILES string of the molecule is CC1=N[C@H]2[C@@H](O1)O[C@H](CO)[C@@H](O[C@@H]1O[C@H](C(=O)[O-])[C@@H](O)[C@H](O)[C@H]1O)[C@@H]2O.[Na+]. The maximum absolute atomic E-state index is 11.0. The number of hydrogen-bond acceptors (Lipinski definition) is 12. The van der Waals surface area contributed by atoms with Crippen molar-refractivity contribution in [1.29, 1.82) is 0 Å². The van der Waals surface area contributed by atoms with Crippen LogP contribution in [0.15, 0.2) is 4.99 Å². The number of carbonyl (C=O) groups excluding carboxylic acids is 1. The molecule has 5 N–H and O–H groups in total. The van der Waals surface area contributed by atoms with Gasteiger partial charge in [-0.05, 0) is 0 Å². The van der Waals surface area contributed by atoms with Crippen LogP contribution in [-0.2, 0) is 23.7 Å². The van der Waals surface area contributed by atoms with Crippen molar-refractivity contribution < 1.29 is 83.9 Å². The zero-order valence-corrected chi connectivity index (χ0v) is 16.6. The van der Waals surface area contributed by atoms with Crippen molar-refractivity contribution in [3.05, 3.63) is 0 Å². The normalized spacial score (nSPS) is 46.7. The first-order valence-corrected chi connectivity index (χ1v) is 7.96. The van der Waals surface area contributed by atoms with Gasteiger partial charge in [0.1, 0.15) is 48.8 Å². The Labute approximate surface area is 175 Å². The number of aliphatic hydroxyl groups excluding tert-OH is 5. The molecular weight excluding hydrogens is 381 g/mol. The molecular formula is C14H20NNaO11. The summed E-state index contributed by atoms with van der Waals surface area (Å²) in [4.78, 5) is 15.1. The monoisotopic (exact) mass is 401 g/mol. The maximum atomic E-state index is 11.0. The van der Waals surface area contributed by atoms with Gasteiger partial charge in [-0.2, -0.15) is 0 Å². The van der Waals surface area contributed by atoms with Gasteiger partial charge in [0, 0.05) is 6.92 Å². The minimum absolute atomic E-state index is 0. The smallest absolute Gasteiger partial charge is 0.547 e. The number of ether oxygens (including phenoxy) is 4. The molecule has 0 bridgehead atoms. The number of rotatable bonds is 4. The van der Waals surface area contributed by atoms with E-state index in [0.717, 1.165) is 0 Å². The number of hydrogen-bond donors (Lipinski definition) is 5. The van der Waals surface area contributed by atoms with E-state index in [0.29, 0.717) is 0 Å². The van der Waals surface area contributed by atoms with Gasteiger partial charge in [-0.3, -0.25) is 0 Å². The molecule has 27 heavy (non-hydrogen) atoms. The van der Waals surface area contributed by atoms with Crippen molar-refractivity contribution in [3.8, 4) is 0 Å². The van der Waals surface area contributed by atoms with Gasteiger partial charge in [0.15, 0.2) is 12.2 Å². The fourth-order valence-corrected chi connectivity index (χ4v) is 3.17. The summed E-state index contributed by atoms with van der Waals surface area (Å²) >= 11 is 0. The van der Waals surface area contributed by atoms with Crippen LogP contribution in [0, 0.1) is 0 Å². The molecule has 0 amide bonds. The second-order valence-electron chi connectivity index (χ2n) is 6.29. The topological polar surface area (TPSA) is 191 Å². The molecule has 148 valence electrons. The van der Waals surface area contributed by atoms with E-state index in [1.165, 1.54) is 0 Å². The molecule has 0 aromatic rings. The standard InChI is InChI=1S/C14H21NO11.Na/c1-3-15-5-6(17)10(4(2-16)24-13(5)23-3)25-14-9(20)7(18)8(19)11(26-14)12(21)22;/h4-11,13-14,16-20H,2H2,1H3,(H,21,22);/q;+1/p-1/t4-,5-,6-,7+,8+,9-,10-,11+,13+,14-;/m1./s1. The Morgan fingerprint density at radius 2 is 1.81 bits per heavy atom. The van der Waals surface area contributed by atoms with Gasteiger partial charge in [0.2, 0.25) is 6.29 Å². The van der Waals surface area contributed by atoms with Crippen LogP contribution in [0.25, 0.3) is 0 Å². The molecule has 3 aliphatic heterocycles. The predicted molar refractivity (Wildman–Crippen MR) is 76.3 cm³/mol. The van der Waals surface area contributed by atoms with E-state index in [9.17, 15) is 35.4 Å². The summed E-state index contributed by atoms with van der Waals surface area (Å²) in [6, 6.07) is -0.865. The number of fused-ring (bicyclic) bond motifs is 1. The number of carboxylic acids is 1. The average molecular weight is 401 g/mol. The third-order valence-corrected chi connectivity index (χ3v) is 4.53. The Balaban J connectivity index is 0.00000261. The van der Waals surface area contributed by atoms with Crippen LogP contribution in [0.4, 0.5) is 0 Å². The molecule has 0 aromatic carbocycles. The van der Waals surface area contributed by atoms with Gasteiger partial charge in [0.25, 0.3) is 0 Å². The van der Waals surface area contributed by atoms with Gasteiger partial charge in [-0.25, -0.2) is 4.99 Å². The molecule has 0 saturated carbocycles. The summed E-state index contributed by atoms with van der Waals surface area (Å²) in [5, 5.41) is 60.5. The van der Waals surface area contributed by atoms with Gasteiger partial charge in [-0.15, -0.1) is 0 Å². The Morgan fingerprint density at radius 3 is 2.41 bits per heavy atom. The van der Waals surface area contributed by atoms with Crippen LogP contribution in [0.5, 0.6) is 0 Å². The molecule has 2 saturated heterocycles. The van der Waals surface area contributed by atoms with Gasteiger partial charge in [0.05, 0.1) is 12.6 Å². The zero-order chi connectivity index (χ0) is 19.2. The number of carboxylic acid groups (broad SMARTS) is 1. The minimum atomic E-state index is -1.96. The fourth-order valence-electron chi connectivity index (χ4n) is 3.17. The van der Waals surface area contributed by atoms with E-state index in [1.807, 2.05) is 0 Å². The van der Waals surface area contributed by atoms with Crippen molar-refractivity contribution >= 4 is 11.9 Å². The van der Waals surface area contributed by atoms with Crippen molar-refractivity contribution in [2.75, 3.05) is 6.61 Å². The third-order valence-electron chi connectivity index (χ3n) is 4.53. The molecule has 0 aromatic heterocycles. The molecule has 0 radical (unpaired) electrons. The van der Waals surface area contributed by atoms with Crippen molar-refractivity contribution in [1.82, 2.24) is 0 Å². The molecule has 3 heterocycles. The molecule has 10 atom stereocenters. The molecule has 0 spiro atoms. The second kappa shape index (κ2) is 8.97. The van der Waals surface area contributed by atoms with Crippen molar-refractivity contribution in [2.45, 2.75) is 68.3 Å². The second-order valence-corrected chi connectivity index (χ2v) is 6.29. The molecule has 0 aliphatic carbocycles. The van der Waals surface area contributed by atoms with E-state index in [2.05, 4.69) is 4.99 Å². The van der Waals surface area contributed by atoms with Crippen molar-refractivity contribution in [2.24, 2.45) is 4.99 Å². The van der Waals surface area contributed by atoms with Gasteiger partial charge >= 0.3 is 29.6 Å². The number of nitrogens with zero attached hydrogens (tertiary/aromatic N) is 1. The predicted octanol–water partition coefficient (Wildman–Crippen LogP) is -8.17. The molecule has 12 nitrogen and oxygen atoms in total. The van der Waals surface area contributed by atoms with Crippen LogP contribution in [0.1, 0.15) is 6.92 Å². The first-order chi connectivity index (χ1) is 12.2.